The monoisotopic (exact) mass is 149 g/mol. The van der Waals surface area contributed by atoms with E-state index in [0.29, 0.717) is 0 Å². The highest BCUT2D eigenvalue weighted by Crippen LogP contribution is 1.89. The summed E-state index contributed by atoms with van der Waals surface area (Å²) in [6.07, 6.45) is -1.13. The van der Waals surface area contributed by atoms with E-state index in [-0.39, 0.29) is 13.1 Å². The van der Waals surface area contributed by atoms with Crippen molar-refractivity contribution in [3.63, 3.8) is 0 Å². The second-order valence-corrected chi connectivity index (χ2v) is 2.57. The maximum atomic E-state index is 8.90. The Balaban J connectivity index is 3.34. The molecule has 3 N–H and O–H groups in total. The molecule has 0 fully saturated rings. The van der Waals surface area contributed by atoms with Crippen LogP contribution in [0.5, 0.6) is 0 Å². The van der Waals surface area contributed by atoms with E-state index in [0.717, 1.165) is 5.06 Å². The first-order valence-electron chi connectivity index (χ1n) is 3.32. The van der Waals surface area contributed by atoms with Crippen LogP contribution in [0.25, 0.3) is 0 Å². The van der Waals surface area contributed by atoms with Gasteiger partial charge < -0.3 is 15.4 Å². The van der Waals surface area contributed by atoms with Gasteiger partial charge in [0, 0.05) is 13.1 Å². The predicted octanol–water partition coefficient (Wildman–Crippen LogP) is -0.561. The first-order chi connectivity index (χ1) is 4.52. The second kappa shape index (κ2) is 4.62. The van der Waals surface area contributed by atoms with Crippen LogP contribution < -0.4 is 0 Å². The Morgan fingerprint density at radius 3 is 1.60 bits per heavy atom. The molecule has 0 rings (SSSR count). The molecule has 0 heterocycles. The first kappa shape index (κ1) is 9.84. The standard InChI is InChI=1S/C6H15NO3/c1-5(8)3-7(10)4-6(2)9/h5-6,8-10H,3-4H2,1-2H3/t5-,6-/m0/s1. The minimum Gasteiger partial charge on any atom is -0.392 e. The van der Waals surface area contributed by atoms with Crippen LogP contribution in [0.1, 0.15) is 13.8 Å². The maximum Gasteiger partial charge on any atom is 0.0662 e. The van der Waals surface area contributed by atoms with Gasteiger partial charge in [0.15, 0.2) is 0 Å². The molecule has 0 unspecified atom stereocenters. The van der Waals surface area contributed by atoms with E-state index in [1.807, 2.05) is 0 Å². The third-order valence-electron chi connectivity index (χ3n) is 0.950. The largest absolute Gasteiger partial charge is 0.392 e. The Bertz CT molecular complexity index is 75.1. The summed E-state index contributed by atoms with van der Waals surface area (Å²) in [5.41, 5.74) is 0. The fourth-order valence-corrected chi connectivity index (χ4v) is 0.685. The topological polar surface area (TPSA) is 63.9 Å². The molecule has 0 aliphatic rings. The molecule has 0 aliphatic carbocycles. The average molecular weight is 149 g/mol. The quantitative estimate of drug-likeness (QED) is 0.469. The number of hydrogen-bond donors (Lipinski definition) is 3. The third-order valence-corrected chi connectivity index (χ3v) is 0.950. The van der Waals surface area contributed by atoms with Crippen molar-refractivity contribution >= 4 is 0 Å². The van der Waals surface area contributed by atoms with Gasteiger partial charge >= 0.3 is 0 Å². The highest BCUT2D eigenvalue weighted by atomic mass is 16.5. The lowest BCUT2D eigenvalue weighted by Gasteiger charge is -2.17. The van der Waals surface area contributed by atoms with Gasteiger partial charge in [-0.2, -0.15) is 5.06 Å². The zero-order chi connectivity index (χ0) is 8.15. The molecule has 0 aliphatic heterocycles. The molecule has 0 amide bonds. The lowest BCUT2D eigenvalue weighted by atomic mass is 10.3. The smallest absolute Gasteiger partial charge is 0.0662 e. The summed E-state index contributed by atoms with van der Waals surface area (Å²) < 4.78 is 0. The molecule has 0 aromatic heterocycles. The number of hydrogen-bond acceptors (Lipinski definition) is 4. The van der Waals surface area contributed by atoms with Crippen LogP contribution in [0.3, 0.4) is 0 Å². The molecular weight excluding hydrogens is 134 g/mol. The molecule has 4 heteroatoms. The zero-order valence-electron chi connectivity index (χ0n) is 6.36. The molecule has 0 saturated carbocycles. The summed E-state index contributed by atoms with van der Waals surface area (Å²) in [7, 11) is 0. The van der Waals surface area contributed by atoms with Crippen LogP contribution in [-0.4, -0.2) is 45.8 Å². The fraction of sp³-hybridized carbons (Fsp3) is 1.00. The Labute approximate surface area is 60.7 Å². The number of hydroxylamine groups is 2. The van der Waals surface area contributed by atoms with Crippen LogP contribution in [-0.2, 0) is 0 Å². The van der Waals surface area contributed by atoms with Crippen molar-refractivity contribution in [1.82, 2.24) is 5.06 Å². The maximum absolute atomic E-state index is 8.90. The van der Waals surface area contributed by atoms with E-state index < -0.39 is 12.2 Å². The van der Waals surface area contributed by atoms with Gasteiger partial charge in [0.1, 0.15) is 0 Å². The molecule has 0 aromatic rings. The lowest BCUT2D eigenvalue weighted by molar-refractivity contribution is -0.127. The summed E-state index contributed by atoms with van der Waals surface area (Å²) in [6.45, 7) is 3.49. The Morgan fingerprint density at radius 2 is 1.40 bits per heavy atom. The van der Waals surface area contributed by atoms with E-state index in [1.54, 1.807) is 13.8 Å². The van der Waals surface area contributed by atoms with Crippen LogP contribution in [0, 0.1) is 0 Å². The van der Waals surface area contributed by atoms with Crippen molar-refractivity contribution in [3.05, 3.63) is 0 Å². The molecular formula is C6H15NO3. The van der Waals surface area contributed by atoms with Crippen molar-refractivity contribution in [2.24, 2.45) is 0 Å². The molecule has 4 nitrogen and oxygen atoms in total. The molecule has 0 aromatic carbocycles. The first-order valence-corrected chi connectivity index (χ1v) is 3.32. The van der Waals surface area contributed by atoms with E-state index in [2.05, 4.69) is 0 Å². The summed E-state index contributed by atoms with van der Waals surface area (Å²) in [6, 6.07) is 0. The van der Waals surface area contributed by atoms with Crippen molar-refractivity contribution in [1.29, 1.82) is 0 Å². The van der Waals surface area contributed by atoms with Gasteiger partial charge in [0.05, 0.1) is 12.2 Å². The lowest BCUT2D eigenvalue weighted by Crippen LogP contribution is -2.33. The van der Waals surface area contributed by atoms with Gasteiger partial charge in [-0.15, -0.1) is 0 Å². The molecule has 10 heavy (non-hydrogen) atoms. The van der Waals surface area contributed by atoms with E-state index in [4.69, 9.17) is 15.4 Å². The predicted molar refractivity (Wildman–Crippen MR) is 36.7 cm³/mol. The van der Waals surface area contributed by atoms with Crippen molar-refractivity contribution in [2.45, 2.75) is 26.1 Å². The van der Waals surface area contributed by atoms with Crippen molar-refractivity contribution in [2.75, 3.05) is 13.1 Å². The zero-order valence-corrected chi connectivity index (χ0v) is 6.36. The molecule has 0 saturated heterocycles. The summed E-state index contributed by atoms with van der Waals surface area (Å²) in [5.74, 6) is 0. The Morgan fingerprint density at radius 1 is 1.10 bits per heavy atom. The number of aliphatic hydroxyl groups excluding tert-OH is 2. The van der Waals surface area contributed by atoms with Gasteiger partial charge in [0.25, 0.3) is 0 Å². The Hall–Kier alpha value is -0.160. The molecule has 62 valence electrons. The van der Waals surface area contributed by atoms with Crippen LogP contribution in [0.15, 0.2) is 0 Å². The van der Waals surface area contributed by atoms with Gasteiger partial charge in [-0.1, -0.05) is 0 Å². The summed E-state index contributed by atoms with van der Waals surface area (Å²) in [5, 5.41) is 27.3. The number of rotatable bonds is 4. The minimum atomic E-state index is -0.566. The minimum absolute atomic E-state index is 0.172. The number of nitrogens with zero attached hydrogens (tertiary/aromatic N) is 1. The van der Waals surface area contributed by atoms with Gasteiger partial charge in [-0.25, -0.2) is 0 Å². The van der Waals surface area contributed by atoms with E-state index in [1.165, 1.54) is 0 Å². The normalized spacial score (nSPS) is 17.4. The Kier molecular flexibility index (Phi) is 4.55. The highest BCUT2D eigenvalue weighted by Gasteiger charge is 2.06. The van der Waals surface area contributed by atoms with Gasteiger partial charge in [0.2, 0.25) is 0 Å². The summed E-state index contributed by atoms with van der Waals surface area (Å²) >= 11 is 0. The second-order valence-electron chi connectivity index (χ2n) is 2.57. The van der Waals surface area contributed by atoms with Crippen LogP contribution in [0.2, 0.25) is 0 Å². The van der Waals surface area contributed by atoms with Gasteiger partial charge in [-0.3, -0.25) is 0 Å². The van der Waals surface area contributed by atoms with Crippen LogP contribution >= 0.6 is 0 Å². The van der Waals surface area contributed by atoms with E-state index >= 15 is 0 Å². The average Bonchev–Trinajstić information content (AvgIpc) is 1.58. The van der Waals surface area contributed by atoms with Crippen molar-refractivity contribution in [3.8, 4) is 0 Å². The third kappa shape index (κ3) is 5.97. The molecule has 0 spiro atoms. The van der Waals surface area contributed by atoms with Crippen LogP contribution in [0.4, 0.5) is 0 Å². The molecule has 0 radical (unpaired) electrons. The number of aliphatic hydroxyl groups is 2. The van der Waals surface area contributed by atoms with E-state index in [9.17, 15) is 0 Å². The SMILES string of the molecule is C[C@H](O)CN(O)C[C@H](C)O. The fourth-order valence-electron chi connectivity index (χ4n) is 0.685. The van der Waals surface area contributed by atoms with Gasteiger partial charge in [-0.05, 0) is 13.8 Å². The highest BCUT2D eigenvalue weighted by molar-refractivity contribution is 4.54. The molecule has 0 bridgehead atoms. The van der Waals surface area contributed by atoms with Crippen molar-refractivity contribution < 1.29 is 15.4 Å². The summed E-state index contributed by atoms with van der Waals surface area (Å²) in [4.78, 5) is 0. The molecule has 2 atom stereocenters.